The molecule has 3 heterocycles. The topological polar surface area (TPSA) is 142 Å². The van der Waals surface area contributed by atoms with E-state index < -0.39 is 22.7 Å². The molecule has 0 spiro atoms. The van der Waals surface area contributed by atoms with Crippen molar-refractivity contribution in [3.63, 3.8) is 0 Å². The Labute approximate surface area is 166 Å². The Morgan fingerprint density at radius 1 is 1.28 bits per heavy atom. The molecule has 0 bridgehead atoms. The average Bonchev–Trinajstić information content (AvgIpc) is 3.43. The summed E-state index contributed by atoms with van der Waals surface area (Å²) in [5, 5.41) is 26.9. The third-order valence-corrected chi connectivity index (χ3v) is 5.18. The first-order valence-corrected chi connectivity index (χ1v) is 9.09. The van der Waals surface area contributed by atoms with Gasteiger partial charge in [0, 0.05) is 12.1 Å². The number of rotatable bonds is 5. The van der Waals surface area contributed by atoms with E-state index in [0.717, 1.165) is 0 Å². The molecular formula is C17H12N6O5S. The van der Waals surface area contributed by atoms with Crippen LogP contribution in [0, 0.1) is 10.1 Å². The van der Waals surface area contributed by atoms with E-state index in [9.17, 15) is 19.7 Å². The van der Waals surface area contributed by atoms with Crippen molar-refractivity contribution < 1.29 is 19.2 Å². The minimum atomic E-state index is -0.884. The van der Waals surface area contributed by atoms with Gasteiger partial charge in [-0.05, 0) is 39.6 Å². The zero-order valence-corrected chi connectivity index (χ0v) is 15.6. The Morgan fingerprint density at radius 2 is 2.03 bits per heavy atom. The third-order valence-electron chi connectivity index (χ3n) is 4.32. The normalized spacial score (nSPS) is 15.4. The maximum absolute atomic E-state index is 13.3. The van der Waals surface area contributed by atoms with Gasteiger partial charge in [-0.1, -0.05) is 11.2 Å². The Hall–Kier alpha value is -3.93. The number of fused-ring (bicyclic) bond motifs is 1. The zero-order valence-electron chi connectivity index (χ0n) is 14.8. The number of benzene rings is 1. The Kier molecular flexibility index (Phi) is 4.60. The molecule has 11 nitrogen and oxygen atoms in total. The summed E-state index contributed by atoms with van der Waals surface area (Å²) in [6.07, 6.45) is 0. The predicted octanol–water partition coefficient (Wildman–Crippen LogP) is 1.97. The highest BCUT2D eigenvalue weighted by Gasteiger charge is 2.38. The van der Waals surface area contributed by atoms with Gasteiger partial charge in [0.05, 0.1) is 22.5 Å². The van der Waals surface area contributed by atoms with E-state index in [1.807, 2.05) is 0 Å². The van der Waals surface area contributed by atoms with Crippen LogP contribution in [-0.2, 0) is 9.53 Å². The molecule has 2 aromatic heterocycles. The van der Waals surface area contributed by atoms with Crippen molar-refractivity contribution in [1.29, 1.82) is 0 Å². The van der Waals surface area contributed by atoms with Crippen LogP contribution in [0.5, 0.6) is 0 Å². The van der Waals surface area contributed by atoms with Crippen molar-refractivity contribution in [2.24, 2.45) is 0 Å². The number of anilines is 1. The smallest absolute Gasteiger partial charge is 0.355 e. The molecule has 29 heavy (non-hydrogen) atoms. The summed E-state index contributed by atoms with van der Waals surface area (Å²) in [5.74, 6) is -1.03. The SMILES string of the molecule is COC(=O)C1=C(C(=O)c2cccs2)[C@H](c2ccc([N+](=O)[O-])cc2)n2nnnc2N1. The number of ketones is 1. The summed E-state index contributed by atoms with van der Waals surface area (Å²) in [6, 6.07) is 8.09. The second-order valence-electron chi connectivity index (χ2n) is 5.91. The molecule has 1 aromatic carbocycles. The monoisotopic (exact) mass is 412 g/mol. The molecule has 0 unspecified atom stereocenters. The number of ether oxygens (including phenoxy) is 1. The zero-order chi connectivity index (χ0) is 20.5. The number of nitrogens with one attached hydrogen (secondary N) is 1. The Balaban J connectivity index is 1.93. The van der Waals surface area contributed by atoms with E-state index in [1.165, 1.54) is 47.4 Å². The fourth-order valence-electron chi connectivity index (χ4n) is 3.02. The number of allylic oxidation sites excluding steroid dienone is 1. The molecule has 1 aliphatic rings. The van der Waals surface area contributed by atoms with E-state index in [-0.39, 0.29) is 22.9 Å². The summed E-state index contributed by atoms with van der Waals surface area (Å²) in [5.41, 5.74) is 0.374. The number of nitro benzene ring substituents is 1. The number of aromatic nitrogens is 4. The first-order valence-electron chi connectivity index (χ1n) is 8.21. The van der Waals surface area contributed by atoms with E-state index >= 15 is 0 Å². The van der Waals surface area contributed by atoms with Crippen LogP contribution in [0.2, 0.25) is 0 Å². The Morgan fingerprint density at radius 3 is 2.66 bits per heavy atom. The van der Waals surface area contributed by atoms with E-state index in [2.05, 4.69) is 20.8 Å². The number of hydrogen-bond acceptors (Lipinski definition) is 10. The van der Waals surface area contributed by atoms with Gasteiger partial charge in [0.15, 0.2) is 0 Å². The molecule has 12 heteroatoms. The second kappa shape index (κ2) is 7.24. The van der Waals surface area contributed by atoms with Crippen LogP contribution in [-0.4, -0.2) is 44.0 Å². The lowest BCUT2D eigenvalue weighted by molar-refractivity contribution is -0.384. The Bertz CT molecular complexity index is 1140. The molecule has 4 rings (SSSR count). The van der Waals surface area contributed by atoms with Crippen molar-refractivity contribution in [2.45, 2.75) is 6.04 Å². The fraction of sp³-hybridized carbons (Fsp3) is 0.118. The molecule has 0 fully saturated rings. The minimum absolute atomic E-state index is 0.0768. The largest absolute Gasteiger partial charge is 0.464 e. The highest BCUT2D eigenvalue weighted by molar-refractivity contribution is 7.12. The molecule has 3 aromatic rings. The van der Waals surface area contributed by atoms with Crippen LogP contribution < -0.4 is 5.32 Å². The first kappa shape index (κ1) is 18.4. The number of Topliss-reactive ketones (excluding diaryl/α,β-unsaturated/α-hetero) is 1. The van der Waals surface area contributed by atoms with Crippen LogP contribution in [0.4, 0.5) is 11.6 Å². The quantitative estimate of drug-likeness (QED) is 0.288. The predicted molar refractivity (Wildman–Crippen MR) is 100 cm³/mol. The van der Waals surface area contributed by atoms with Crippen molar-refractivity contribution in [1.82, 2.24) is 20.2 Å². The van der Waals surface area contributed by atoms with E-state index in [0.29, 0.717) is 10.4 Å². The van der Waals surface area contributed by atoms with Crippen molar-refractivity contribution in [2.75, 3.05) is 12.4 Å². The number of tetrazole rings is 1. The number of thiophene rings is 1. The molecule has 146 valence electrons. The summed E-state index contributed by atoms with van der Waals surface area (Å²) < 4.78 is 6.18. The molecule has 0 amide bonds. The second-order valence-corrected chi connectivity index (χ2v) is 6.86. The van der Waals surface area contributed by atoms with Gasteiger partial charge in [-0.2, -0.15) is 4.68 Å². The molecule has 0 saturated heterocycles. The number of esters is 1. The van der Waals surface area contributed by atoms with Gasteiger partial charge in [-0.15, -0.1) is 11.3 Å². The first-order chi connectivity index (χ1) is 14.0. The number of nitrogens with zero attached hydrogens (tertiary/aromatic N) is 5. The molecule has 1 N–H and O–H groups in total. The molecular weight excluding hydrogens is 400 g/mol. The number of nitro groups is 1. The lowest BCUT2D eigenvalue weighted by atomic mass is 9.91. The molecule has 1 atom stereocenters. The van der Waals surface area contributed by atoms with Gasteiger partial charge in [0.1, 0.15) is 11.7 Å². The van der Waals surface area contributed by atoms with Crippen LogP contribution >= 0.6 is 11.3 Å². The highest BCUT2D eigenvalue weighted by Crippen LogP contribution is 2.37. The van der Waals surface area contributed by atoms with Gasteiger partial charge in [-0.3, -0.25) is 14.9 Å². The lowest BCUT2D eigenvalue weighted by Crippen LogP contribution is -2.32. The maximum atomic E-state index is 13.3. The highest BCUT2D eigenvalue weighted by atomic mass is 32.1. The van der Waals surface area contributed by atoms with Crippen molar-refractivity contribution in [3.05, 3.63) is 73.6 Å². The molecule has 0 aliphatic carbocycles. The van der Waals surface area contributed by atoms with Crippen LogP contribution in [0.3, 0.4) is 0 Å². The summed E-state index contributed by atoms with van der Waals surface area (Å²) in [7, 11) is 1.20. The van der Waals surface area contributed by atoms with Gasteiger partial charge in [-0.25, -0.2) is 4.79 Å². The summed E-state index contributed by atoms with van der Waals surface area (Å²) >= 11 is 1.22. The number of methoxy groups -OCH3 is 1. The molecule has 0 saturated carbocycles. The van der Waals surface area contributed by atoms with Crippen molar-refractivity contribution in [3.8, 4) is 0 Å². The van der Waals surface area contributed by atoms with Gasteiger partial charge >= 0.3 is 5.97 Å². The number of carbonyl (C=O) groups is 2. The molecule has 0 radical (unpaired) electrons. The standard InChI is InChI=1S/C17H12N6O5S/c1-28-16(25)13-12(15(24)11-3-2-8-29-11)14(22-17(18-13)19-20-21-22)9-4-6-10(7-5-9)23(26)27/h2-8,14H,1H3,(H,18,19,21)/t14-/m0/s1. The summed E-state index contributed by atoms with van der Waals surface area (Å²) in [6.45, 7) is 0. The average molecular weight is 412 g/mol. The fourth-order valence-corrected chi connectivity index (χ4v) is 3.69. The maximum Gasteiger partial charge on any atom is 0.355 e. The minimum Gasteiger partial charge on any atom is -0.464 e. The third kappa shape index (κ3) is 3.14. The van der Waals surface area contributed by atoms with Crippen LogP contribution in [0.1, 0.15) is 21.3 Å². The van der Waals surface area contributed by atoms with Gasteiger partial charge < -0.3 is 10.1 Å². The lowest BCUT2D eigenvalue weighted by Gasteiger charge is -2.27. The van der Waals surface area contributed by atoms with E-state index in [1.54, 1.807) is 17.5 Å². The number of non-ortho nitro benzene ring substituents is 1. The van der Waals surface area contributed by atoms with Crippen LogP contribution in [0.15, 0.2) is 53.0 Å². The van der Waals surface area contributed by atoms with Gasteiger partial charge in [0.25, 0.3) is 5.69 Å². The number of carbonyl (C=O) groups excluding carboxylic acids is 2. The van der Waals surface area contributed by atoms with Crippen LogP contribution in [0.25, 0.3) is 0 Å². The summed E-state index contributed by atoms with van der Waals surface area (Å²) in [4.78, 5) is 36.6. The van der Waals surface area contributed by atoms with E-state index in [4.69, 9.17) is 4.74 Å². The number of hydrogen-bond donors (Lipinski definition) is 1. The van der Waals surface area contributed by atoms with Gasteiger partial charge in [0.2, 0.25) is 11.7 Å². The van der Waals surface area contributed by atoms with Crippen molar-refractivity contribution >= 4 is 34.7 Å². The molecule has 1 aliphatic heterocycles.